The van der Waals surface area contributed by atoms with Crippen LogP contribution in [0, 0.1) is 6.92 Å². The molecule has 11 heteroatoms. The molecule has 0 fully saturated rings. The lowest BCUT2D eigenvalue weighted by atomic mass is 10.1. The molecule has 2 aromatic rings. The maximum absolute atomic E-state index is 12.0. The van der Waals surface area contributed by atoms with Gasteiger partial charge in [0.1, 0.15) is 5.75 Å². The molecule has 0 aliphatic heterocycles. The van der Waals surface area contributed by atoms with E-state index in [-0.39, 0.29) is 22.6 Å². The minimum Gasteiger partial charge on any atom is -0.505 e. The van der Waals surface area contributed by atoms with Crippen LogP contribution in [0.2, 0.25) is 0 Å². The standard InChI is InChI=1S/C15H15BrN3O6P/c1-9-14(20)13(11(6-17-9)8-25-26(22,23)24)7-18-19-15(21)10-3-2-4-12(16)5-10/h2-7,20H,8H2,1H3,(H,19,21)(H2,22,23,24). The zero-order valence-corrected chi connectivity index (χ0v) is 15.9. The molecule has 4 N–H and O–H groups in total. The summed E-state index contributed by atoms with van der Waals surface area (Å²) in [5.74, 6) is -0.710. The summed E-state index contributed by atoms with van der Waals surface area (Å²) in [6.45, 7) is 1.05. The number of phosphoric acid groups is 1. The average Bonchev–Trinajstić information content (AvgIpc) is 2.56. The first-order chi connectivity index (χ1) is 12.2. The van der Waals surface area contributed by atoms with Gasteiger partial charge in [-0.3, -0.25) is 14.3 Å². The van der Waals surface area contributed by atoms with Crippen molar-refractivity contribution in [2.24, 2.45) is 5.10 Å². The van der Waals surface area contributed by atoms with Gasteiger partial charge in [0.25, 0.3) is 5.91 Å². The molecule has 0 saturated heterocycles. The maximum atomic E-state index is 12.0. The number of nitrogens with one attached hydrogen (secondary N) is 1. The molecule has 0 atom stereocenters. The highest BCUT2D eigenvalue weighted by molar-refractivity contribution is 9.10. The Morgan fingerprint density at radius 3 is 2.85 bits per heavy atom. The fourth-order valence-corrected chi connectivity index (χ4v) is 2.62. The van der Waals surface area contributed by atoms with Crippen molar-refractivity contribution in [3.63, 3.8) is 0 Å². The fourth-order valence-electron chi connectivity index (χ4n) is 1.91. The second kappa shape index (κ2) is 8.52. The Balaban J connectivity index is 2.19. The first-order valence-corrected chi connectivity index (χ1v) is 9.46. The van der Waals surface area contributed by atoms with Crippen LogP contribution in [0.1, 0.15) is 27.2 Å². The van der Waals surface area contributed by atoms with Gasteiger partial charge in [0.2, 0.25) is 0 Å². The summed E-state index contributed by atoms with van der Waals surface area (Å²) in [4.78, 5) is 33.5. The third kappa shape index (κ3) is 5.72. The number of phosphoric ester groups is 1. The molecule has 0 saturated carbocycles. The Hall–Kier alpha value is -2.10. The molecule has 2 rings (SSSR count). The van der Waals surface area contributed by atoms with Gasteiger partial charge in [-0.15, -0.1) is 0 Å². The van der Waals surface area contributed by atoms with Gasteiger partial charge in [-0.1, -0.05) is 22.0 Å². The molecule has 26 heavy (non-hydrogen) atoms. The van der Waals surface area contributed by atoms with Gasteiger partial charge in [-0.05, 0) is 25.1 Å². The molecule has 0 bridgehead atoms. The summed E-state index contributed by atoms with van der Waals surface area (Å²) in [5, 5.41) is 13.9. The Labute approximate surface area is 157 Å². The van der Waals surface area contributed by atoms with Gasteiger partial charge in [-0.2, -0.15) is 5.10 Å². The molecule has 9 nitrogen and oxygen atoms in total. The number of amides is 1. The van der Waals surface area contributed by atoms with E-state index in [2.05, 4.69) is 36.0 Å². The molecule has 0 radical (unpaired) electrons. The van der Waals surface area contributed by atoms with E-state index in [0.717, 1.165) is 10.7 Å². The molecule has 0 unspecified atom stereocenters. The number of rotatable bonds is 6. The smallest absolute Gasteiger partial charge is 0.469 e. The molecular weight excluding hydrogens is 429 g/mol. The summed E-state index contributed by atoms with van der Waals surface area (Å²) in [5.41, 5.74) is 3.28. The van der Waals surface area contributed by atoms with Crippen LogP contribution in [0.5, 0.6) is 5.75 Å². The summed E-state index contributed by atoms with van der Waals surface area (Å²) >= 11 is 3.26. The normalized spacial score (nSPS) is 11.7. The Morgan fingerprint density at radius 1 is 1.46 bits per heavy atom. The Bertz CT molecular complexity index is 899. The molecule has 138 valence electrons. The van der Waals surface area contributed by atoms with Crippen LogP contribution >= 0.6 is 23.8 Å². The topological polar surface area (TPSA) is 141 Å². The number of pyridine rings is 1. The molecule has 1 aromatic carbocycles. The lowest BCUT2D eigenvalue weighted by molar-refractivity contribution is 0.0955. The summed E-state index contributed by atoms with van der Waals surface area (Å²) in [6.07, 6.45) is 2.44. The highest BCUT2D eigenvalue weighted by Gasteiger charge is 2.17. The van der Waals surface area contributed by atoms with Gasteiger partial charge < -0.3 is 14.9 Å². The minimum absolute atomic E-state index is 0.125. The number of benzene rings is 1. The second-order valence-electron chi connectivity index (χ2n) is 5.10. The number of aromatic hydroxyl groups is 1. The Kier molecular flexibility index (Phi) is 6.63. The number of carbonyl (C=O) groups is 1. The van der Waals surface area contributed by atoms with Crippen molar-refractivity contribution in [2.75, 3.05) is 0 Å². The number of halogens is 1. The number of hydrogen-bond acceptors (Lipinski definition) is 6. The van der Waals surface area contributed by atoms with Gasteiger partial charge >= 0.3 is 7.82 Å². The largest absolute Gasteiger partial charge is 0.505 e. The van der Waals surface area contributed by atoms with Crippen LogP contribution in [0.4, 0.5) is 0 Å². The zero-order chi connectivity index (χ0) is 19.3. The quantitative estimate of drug-likeness (QED) is 0.304. The molecular formula is C15H15BrN3O6P. The highest BCUT2D eigenvalue weighted by Crippen LogP contribution is 2.37. The number of carbonyl (C=O) groups excluding carboxylic acids is 1. The van der Waals surface area contributed by atoms with E-state index in [1.807, 2.05) is 0 Å². The molecule has 1 aromatic heterocycles. The van der Waals surface area contributed by atoms with Crippen LogP contribution in [0.25, 0.3) is 0 Å². The molecule has 0 aliphatic rings. The highest BCUT2D eigenvalue weighted by atomic mass is 79.9. The van der Waals surface area contributed by atoms with Crippen LogP contribution in [0.15, 0.2) is 40.0 Å². The van der Waals surface area contributed by atoms with E-state index in [1.54, 1.807) is 31.2 Å². The number of hydrazone groups is 1. The third-order valence-electron chi connectivity index (χ3n) is 3.19. The minimum atomic E-state index is -4.69. The van der Waals surface area contributed by atoms with Crippen LogP contribution < -0.4 is 5.43 Å². The van der Waals surface area contributed by atoms with Crippen molar-refractivity contribution in [1.82, 2.24) is 10.4 Å². The first-order valence-electron chi connectivity index (χ1n) is 7.14. The predicted molar refractivity (Wildman–Crippen MR) is 96.7 cm³/mol. The van der Waals surface area contributed by atoms with Gasteiger partial charge in [-0.25, -0.2) is 9.99 Å². The fraction of sp³-hybridized carbons (Fsp3) is 0.133. The van der Waals surface area contributed by atoms with Gasteiger partial charge in [0.05, 0.1) is 18.5 Å². The van der Waals surface area contributed by atoms with E-state index in [4.69, 9.17) is 9.79 Å². The van der Waals surface area contributed by atoms with Crippen molar-refractivity contribution in [1.29, 1.82) is 0 Å². The van der Waals surface area contributed by atoms with E-state index in [0.29, 0.717) is 5.56 Å². The van der Waals surface area contributed by atoms with Crippen LogP contribution in [0.3, 0.4) is 0 Å². The summed E-state index contributed by atoms with van der Waals surface area (Å²) in [6, 6.07) is 6.67. The first kappa shape index (κ1) is 20.2. The molecule has 1 amide bonds. The number of hydrogen-bond donors (Lipinski definition) is 4. The van der Waals surface area contributed by atoms with Crippen molar-refractivity contribution < 1.29 is 28.8 Å². The molecule has 0 spiro atoms. The summed E-state index contributed by atoms with van der Waals surface area (Å²) < 4.78 is 16.0. The van der Waals surface area contributed by atoms with Crippen LogP contribution in [-0.4, -0.2) is 32.0 Å². The van der Waals surface area contributed by atoms with E-state index >= 15 is 0 Å². The number of aryl methyl sites for hydroxylation is 1. The molecule has 1 heterocycles. The maximum Gasteiger partial charge on any atom is 0.469 e. The van der Waals surface area contributed by atoms with E-state index in [9.17, 15) is 14.5 Å². The van der Waals surface area contributed by atoms with Crippen molar-refractivity contribution in [3.8, 4) is 5.75 Å². The predicted octanol–water partition coefficient (Wildman–Crippen LogP) is 2.23. The van der Waals surface area contributed by atoms with E-state index in [1.165, 1.54) is 6.20 Å². The SMILES string of the molecule is Cc1ncc(COP(=O)(O)O)c(C=NNC(=O)c2cccc(Br)c2)c1O. The van der Waals surface area contributed by atoms with E-state index < -0.39 is 20.3 Å². The third-order valence-corrected chi connectivity index (χ3v) is 4.15. The molecule has 0 aliphatic carbocycles. The van der Waals surface area contributed by atoms with Gasteiger partial charge in [0.15, 0.2) is 0 Å². The number of nitrogens with zero attached hydrogens (tertiary/aromatic N) is 2. The zero-order valence-electron chi connectivity index (χ0n) is 13.5. The second-order valence-corrected chi connectivity index (χ2v) is 7.26. The summed E-state index contributed by atoms with van der Waals surface area (Å²) in [7, 11) is -4.69. The van der Waals surface area contributed by atoms with Crippen LogP contribution in [-0.2, 0) is 15.7 Å². The Morgan fingerprint density at radius 2 is 2.19 bits per heavy atom. The number of aromatic nitrogens is 1. The lowest BCUT2D eigenvalue weighted by Crippen LogP contribution is -2.17. The lowest BCUT2D eigenvalue weighted by Gasteiger charge is -2.10. The van der Waals surface area contributed by atoms with Gasteiger partial charge in [0, 0.05) is 27.4 Å². The van der Waals surface area contributed by atoms with Crippen molar-refractivity contribution in [3.05, 3.63) is 57.3 Å². The monoisotopic (exact) mass is 443 g/mol. The van der Waals surface area contributed by atoms with Crippen molar-refractivity contribution in [2.45, 2.75) is 13.5 Å². The average molecular weight is 444 g/mol. The van der Waals surface area contributed by atoms with Crippen molar-refractivity contribution >= 4 is 35.9 Å².